The second-order valence-electron chi connectivity index (χ2n) is 7.59. The Kier molecular flexibility index (Phi) is 13.7. The Morgan fingerprint density at radius 3 is 2.33 bits per heavy atom. The summed E-state index contributed by atoms with van der Waals surface area (Å²) in [4.78, 5) is 7.36. The van der Waals surface area contributed by atoms with Gasteiger partial charge in [-0.15, -0.1) is 0 Å². The molecule has 0 atom stereocenters. The van der Waals surface area contributed by atoms with Gasteiger partial charge in [0.05, 0.1) is 12.3 Å². The second kappa shape index (κ2) is 15.8. The number of unbranched alkanes of at least 4 members (excludes halogenated alkanes) is 3. The van der Waals surface area contributed by atoms with Gasteiger partial charge < -0.3 is 14.3 Å². The number of hydrogen-bond donors (Lipinski definition) is 0. The molecule has 1 rings (SSSR count). The second-order valence-corrected chi connectivity index (χ2v) is 7.59. The zero-order valence-electron chi connectivity index (χ0n) is 20.0. The number of rotatable bonds is 16. The van der Waals surface area contributed by atoms with Crippen molar-refractivity contribution in [1.29, 1.82) is 0 Å². The average molecular weight is 419 g/mol. The molecule has 0 aliphatic carbocycles. The van der Waals surface area contributed by atoms with Crippen molar-refractivity contribution in [2.75, 3.05) is 40.0 Å². The van der Waals surface area contributed by atoms with Crippen LogP contribution in [0.3, 0.4) is 0 Å². The number of nitrogens with zero attached hydrogens (tertiary/aromatic N) is 2. The first kappa shape index (κ1) is 26.0. The van der Waals surface area contributed by atoms with Crippen LogP contribution < -0.4 is 9.47 Å². The summed E-state index contributed by atoms with van der Waals surface area (Å²) in [5, 5.41) is 4.11. The van der Waals surface area contributed by atoms with Gasteiger partial charge in [0, 0.05) is 6.54 Å². The van der Waals surface area contributed by atoms with E-state index >= 15 is 0 Å². The summed E-state index contributed by atoms with van der Waals surface area (Å²) in [6.45, 7) is 14.9. The van der Waals surface area contributed by atoms with Gasteiger partial charge in [-0.2, -0.15) is 0 Å². The highest BCUT2D eigenvalue weighted by Gasteiger charge is 2.08. The van der Waals surface area contributed by atoms with Gasteiger partial charge in [-0.25, -0.2) is 0 Å². The van der Waals surface area contributed by atoms with Crippen LogP contribution in [0.15, 0.2) is 29.4 Å². The van der Waals surface area contributed by atoms with E-state index in [-0.39, 0.29) is 0 Å². The summed E-state index contributed by atoms with van der Waals surface area (Å²) < 4.78 is 11.8. The van der Waals surface area contributed by atoms with E-state index in [0.29, 0.717) is 6.61 Å². The van der Waals surface area contributed by atoms with Gasteiger partial charge >= 0.3 is 0 Å². The van der Waals surface area contributed by atoms with Crippen LogP contribution in [0.5, 0.6) is 11.5 Å². The summed E-state index contributed by atoms with van der Waals surface area (Å²) >= 11 is 0. The maximum atomic E-state index is 6.08. The van der Waals surface area contributed by atoms with Crippen LogP contribution in [0.1, 0.15) is 64.0 Å². The van der Waals surface area contributed by atoms with Gasteiger partial charge in [0.25, 0.3) is 0 Å². The fourth-order valence-corrected chi connectivity index (χ4v) is 3.37. The normalized spacial score (nSPS) is 12.0. The summed E-state index contributed by atoms with van der Waals surface area (Å²) in [6, 6.07) is 4.12. The molecule has 0 saturated carbocycles. The van der Waals surface area contributed by atoms with Crippen molar-refractivity contribution in [3.05, 3.63) is 35.4 Å². The number of benzene rings is 1. The van der Waals surface area contributed by atoms with Gasteiger partial charge in [-0.3, -0.25) is 4.90 Å². The molecule has 0 amide bonds. The number of aryl methyl sites for hydroxylation is 2. The number of oxime groups is 1. The lowest BCUT2D eigenvalue weighted by molar-refractivity contribution is 0.208. The fraction of sp³-hybridized carbons (Fsp3) is 0.640. The van der Waals surface area contributed by atoms with Crippen LogP contribution in [-0.4, -0.2) is 50.6 Å². The number of hydrogen-bond acceptors (Lipinski definition) is 5. The van der Waals surface area contributed by atoms with Crippen molar-refractivity contribution in [2.24, 2.45) is 5.16 Å². The van der Waals surface area contributed by atoms with E-state index in [1.54, 1.807) is 7.11 Å². The Morgan fingerprint density at radius 1 is 1.03 bits per heavy atom. The van der Waals surface area contributed by atoms with Gasteiger partial charge in [0.2, 0.25) is 0 Å². The van der Waals surface area contributed by atoms with Crippen molar-refractivity contribution in [1.82, 2.24) is 4.90 Å². The molecule has 0 aliphatic rings. The Morgan fingerprint density at radius 2 is 1.73 bits per heavy atom. The topological polar surface area (TPSA) is 43.3 Å². The number of ether oxygens (including phenoxy) is 2. The molecule has 0 aliphatic heterocycles. The smallest absolute Gasteiger partial charge is 0.125 e. The van der Waals surface area contributed by atoms with Crippen LogP contribution >= 0.6 is 0 Å². The van der Waals surface area contributed by atoms with E-state index in [9.17, 15) is 0 Å². The van der Waals surface area contributed by atoms with E-state index in [0.717, 1.165) is 67.4 Å². The SMILES string of the molecule is C/C=C/COc1cc(C)c(OCCCCCCN(CC)CC(CC)=NOC)c(C)c1. The lowest BCUT2D eigenvalue weighted by Gasteiger charge is -2.20. The maximum Gasteiger partial charge on any atom is 0.125 e. The standard InChI is InChI=1S/C25H42N2O3/c1-7-10-16-29-24-18-21(4)25(22(5)19-24)30-17-14-12-11-13-15-27(9-3)20-23(8-2)26-28-6/h7,10,18-19H,8-9,11-17,20H2,1-6H3/b10-7+,26-23?. The average Bonchev–Trinajstić information content (AvgIpc) is 2.73. The van der Waals surface area contributed by atoms with Crippen LogP contribution in [-0.2, 0) is 4.84 Å². The van der Waals surface area contributed by atoms with Gasteiger partial charge in [0.15, 0.2) is 0 Å². The van der Waals surface area contributed by atoms with Crippen LogP contribution in [0.4, 0.5) is 0 Å². The van der Waals surface area contributed by atoms with Gasteiger partial charge in [0.1, 0.15) is 25.2 Å². The van der Waals surface area contributed by atoms with Crippen molar-refractivity contribution in [3.8, 4) is 11.5 Å². The van der Waals surface area contributed by atoms with Crippen LogP contribution in [0.2, 0.25) is 0 Å². The molecule has 0 fully saturated rings. The molecule has 0 unspecified atom stereocenters. The minimum Gasteiger partial charge on any atom is -0.493 e. The zero-order chi connectivity index (χ0) is 22.2. The molecule has 1 aromatic rings. The molecule has 170 valence electrons. The van der Waals surface area contributed by atoms with E-state index in [2.05, 4.69) is 49.9 Å². The molecule has 0 bridgehead atoms. The molecule has 30 heavy (non-hydrogen) atoms. The molecular weight excluding hydrogens is 376 g/mol. The fourth-order valence-electron chi connectivity index (χ4n) is 3.37. The first-order valence-corrected chi connectivity index (χ1v) is 11.3. The monoisotopic (exact) mass is 418 g/mol. The lowest BCUT2D eigenvalue weighted by Crippen LogP contribution is -2.30. The van der Waals surface area contributed by atoms with Crippen LogP contribution in [0, 0.1) is 13.8 Å². The Labute approximate surface area is 184 Å². The molecule has 0 N–H and O–H groups in total. The quantitative estimate of drug-likeness (QED) is 0.144. The third kappa shape index (κ3) is 10.1. The summed E-state index contributed by atoms with van der Waals surface area (Å²) in [5.41, 5.74) is 3.37. The Bertz CT molecular complexity index is 633. The molecule has 5 nitrogen and oxygen atoms in total. The summed E-state index contributed by atoms with van der Waals surface area (Å²) in [5.74, 6) is 1.90. The molecule has 0 saturated heterocycles. The first-order valence-electron chi connectivity index (χ1n) is 11.3. The lowest BCUT2D eigenvalue weighted by atomic mass is 10.1. The molecule has 1 aromatic carbocycles. The Hall–Kier alpha value is -2.01. The molecule has 5 heteroatoms. The van der Waals surface area contributed by atoms with Crippen molar-refractivity contribution < 1.29 is 14.3 Å². The van der Waals surface area contributed by atoms with Crippen molar-refractivity contribution in [3.63, 3.8) is 0 Å². The maximum absolute atomic E-state index is 6.08. The number of allylic oxidation sites excluding steroid dienone is 1. The Balaban J connectivity index is 2.30. The van der Waals surface area contributed by atoms with E-state index in [1.165, 1.54) is 19.3 Å². The minimum atomic E-state index is 0.601. The van der Waals surface area contributed by atoms with Gasteiger partial charge in [-0.1, -0.05) is 44.0 Å². The van der Waals surface area contributed by atoms with Crippen LogP contribution in [0.25, 0.3) is 0 Å². The molecule has 0 heterocycles. The van der Waals surface area contributed by atoms with Crippen molar-refractivity contribution >= 4 is 5.71 Å². The zero-order valence-corrected chi connectivity index (χ0v) is 20.0. The highest BCUT2D eigenvalue weighted by molar-refractivity contribution is 5.85. The van der Waals surface area contributed by atoms with Crippen molar-refractivity contribution in [2.45, 2.75) is 66.7 Å². The largest absolute Gasteiger partial charge is 0.493 e. The predicted octanol–water partition coefficient (Wildman–Crippen LogP) is 5.93. The molecule has 0 spiro atoms. The highest BCUT2D eigenvalue weighted by atomic mass is 16.6. The van der Waals surface area contributed by atoms with E-state index in [4.69, 9.17) is 14.3 Å². The van der Waals surface area contributed by atoms with E-state index < -0.39 is 0 Å². The summed E-state index contributed by atoms with van der Waals surface area (Å²) in [6.07, 6.45) is 9.62. The third-order valence-corrected chi connectivity index (χ3v) is 5.11. The predicted molar refractivity (Wildman–Crippen MR) is 127 cm³/mol. The molecule has 0 aromatic heterocycles. The van der Waals surface area contributed by atoms with E-state index in [1.807, 2.05) is 19.1 Å². The van der Waals surface area contributed by atoms with Gasteiger partial charge in [-0.05, 0) is 76.4 Å². The third-order valence-electron chi connectivity index (χ3n) is 5.11. The first-order chi connectivity index (χ1) is 14.5. The summed E-state index contributed by atoms with van der Waals surface area (Å²) in [7, 11) is 1.62. The highest BCUT2D eigenvalue weighted by Crippen LogP contribution is 2.28. The molecule has 0 radical (unpaired) electrons. The minimum absolute atomic E-state index is 0.601. The molecular formula is C25H42N2O3.